The van der Waals surface area contributed by atoms with Crippen molar-refractivity contribution in [1.29, 1.82) is 0 Å². The summed E-state index contributed by atoms with van der Waals surface area (Å²) >= 11 is 6.08. The van der Waals surface area contributed by atoms with Crippen LogP contribution in [0, 0.1) is 11.7 Å². The number of para-hydroxylation sites is 1. The van der Waals surface area contributed by atoms with Crippen molar-refractivity contribution in [3.8, 4) is 5.75 Å². The highest BCUT2D eigenvalue weighted by Crippen LogP contribution is 2.23. The molecule has 0 aromatic heterocycles. The number of benzene rings is 2. The van der Waals surface area contributed by atoms with Gasteiger partial charge in [-0.15, -0.1) is 0 Å². The van der Waals surface area contributed by atoms with Crippen LogP contribution in [0.1, 0.15) is 32.8 Å². The fraction of sp³-hybridized carbons (Fsp3) is 0.391. The van der Waals surface area contributed by atoms with E-state index < -0.39 is 6.04 Å². The zero-order chi connectivity index (χ0) is 22.1. The first-order valence-electron chi connectivity index (χ1n) is 9.97. The van der Waals surface area contributed by atoms with Crippen LogP contribution in [-0.4, -0.2) is 35.9 Å². The van der Waals surface area contributed by atoms with Crippen molar-refractivity contribution >= 4 is 23.4 Å². The standard InChI is InChI=1S/C23H28ClFN2O3/c1-16(2)12-13-26-23(29)17(3)27(14-18-8-10-19(25)11-9-18)22(28)15-30-21-7-5-4-6-20(21)24/h4-11,16-17H,12-15H2,1-3H3,(H,26,29)/t17-/m1/s1. The number of nitrogens with one attached hydrogen (secondary N) is 1. The first-order valence-corrected chi connectivity index (χ1v) is 10.3. The van der Waals surface area contributed by atoms with Crippen molar-refractivity contribution in [2.24, 2.45) is 5.92 Å². The Labute approximate surface area is 182 Å². The van der Waals surface area contributed by atoms with Gasteiger partial charge in [0.25, 0.3) is 5.91 Å². The molecule has 5 nitrogen and oxygen atoms in total. The molecular weight excluding hydrogens is 407 g/mol. The fourth-order valence-electron chi connectivity index (χ4n) is 2.79. The molecule has 2 aromatic carbocycles. The number of ether oxygens (including phenoxy) is 1. The Morgan fingerprint density at radius 1 is 1.10 bits per heavy atom. The van der Waals surface area contributed by atoms with Crippen molar-refractivity contribution in [2.45, 2.75) is 39.8 Å². The van der Waals surface area contributed by atoms with Gasteiger partial charge in [0.15, 0.2) is 6.61 Å². The first-order chi connectivity index (χ1) is 14.3. The summed E-state index contributed by atoms with van der Waals surface area (Å²) in [6.45, 7) is 6.24. The van der Waals surface area contributed by atoms with Crippen LogP contribution in [0.4, 0.5) is 4.39 Å². The Hall–Kier alpha value is -2.60. The number of rotatable bonds is 10. The van der Waals surface area contributed by atoms with Gasteiger partial charge in [-0.1, -0.05) is 49.7 Å². The second-order valence-corrected chi connectivity index (χ2v) is 7.92. The maximum Gasteiger partial charge on any atom is 0.261 e. The van der Waals surface area contributed by atoms with E-state index in [0.29, 0.717) is 28.8 Å². The van der Waals surface area contributed by atoms with Gasteiger partial charge in [-0.25, -0.2) is 4.39 Å². The highest BCUT2D eigenvalue weighted by molar-refractivity contribution is 6.32. The summed E-state index contributed by atoms with van der Waals surface area (Å²) in [6, 6.07) is 12.0. The molecule has 0 saturated heterocycles. The van der Waals surface area contributed by atoms with Crippen molar-refractivity contribution in [2.75, 3.05) is 13.2 Å². The second kappa shape index (κ2) is 11.6. The van der Waals surface area contributed by atoms with Gasteiger partial charge >= 0.3 is 0 Å². The van der Waals surface area contributed by atoms with E-state index in [-0.39, 0.29) is 30.8 Å². The van der Waals surface area contributed by atoms with Crippen LogP contribution in [0.15, 0.2) is 48.5 Å². The van der Waals surface area contributed by atoms with E-state index in [1.165, 1.54) is 17.0 Å². The molecule has 1 N–H and O–H groups in total. The summed E-state index contributed by atoms with van der Waals surface area (Å²) < 4.78 is 18.8. The average Bonchev–Trinajstić information content (AvgIpc) is 2.71. The van der Waals surface area contributed by atoms with E-state index in [1.54, 1.807) is 43.3 Å². The summed E-state index contributed by atoms with van der Waals surface area (Å²) in [7, 11) is 0. The van der Waals surface area contributed by atoms with Gasteiger partial charge < -0.3 is 15.0 Å². The van der Waals surface area contributed by atoms with Gasteiger partial charge in [0.1, 0.15) is 17.6 Å². The normalized spacial score (nSPS) is 11.8. The monoisotopic (exact) mass is 434 g/mol. The number of carbonyl (C=O) groups is 2. The molecule has 0 spiro atoms. The Morgan fingerprint density at radius 3 is 2.40 bits per heavy atom. The average molecular weight is 435 g/mol. The molecule has 0 aliphatic heterocycles. The maximum absolute atomic E-state index is 13.2. The highest BCUT2D eigenvalue weighted by Gasteiger charge is 2.26. The number of hydrogen-bond acceptors (Lipinski definition) is 3. The zero-order valence-electron chi connectivity index (χ0n) is 17.5. The third kappa shape index (κ3) is 7.34. The molecule has 0 unspecified atom stereocenters. The van der Waals surface area contributed by atoms with E-state index in [9.17, 15) is 14.0 Å². The molecule has 162 valence electrons. The smallest absolute Gasteiger partial charge is 0.261 e. The fourth-order valence-corrected chi connectivity index (χ4v) is 2.98. The molecule has 0 fully saturated rings. The SMILES string of the molecule is CC(C)CCNC(=O)[C@@H](C)N(Cc1ccc(F)cc1)C(=O)COc1ccccc1Cl. The molecule has 2 amide bonds. The molecule has 0 bridgehead atoms. The number of carbonyl (C=O) groups excluding carboxylic acids is 2. The Morgan fingerprint density at radius 2 is 1.77 bits per heavy atom. The number of hydrogen-bond donors (Lipinski definition) is 1. The van der Waals surface area contributed by atoms with Crippen LogP contribution in [0.25, 0.3) is 0 Å². The second-order valence-electron chi connectivity index (χ2n) is 7.52. The third-order valence-corrected chi connectivity index (χ3v) is 4.95. The van der Waals surface area contributed by atoms with Gasteiger partial charge in [0.05, 0.1) is 5.02 Å². The van der Waals surface area contributed by atoms with Crippen LogP contribution in [0.3, 0.4) is 0 Å². The first kappa shape index (κ1) is 23.7. The third-order valence-electron chi connectivity index (χ3n) is 4.64. The lowest BCUT2D eigenvalue weighted by Crippen LogP contribution is -2.49. The zero-order valence-corrected chi connectivity index (χ0v) is 18.3. The number of amides is 2. The van der Waals surface area contributed by atoms with Crippen molar-refractivity contribution in [3.63, 3.8) is 0 Å². The van der Waals surface area contributed by atoms with Gasteiger partial charge in [-0.05, 0) is 49.1 Å². The van der Waals surface area contributed by atoms with Gasteiger partial charge in [0.2, 0.25) is 5.91 Å². The van der Waals surface area contributed by atoms with Gasteiger partial charge in [0, 0.05) is 13.1 Å². The van der Waals surface area contributed by atoms with E-state index in [1.807, 2.05) is 0 Å². The van der Waals surface area contributed by atoms with Crippen LogP contribution in [0.5, 0.6) is 5.75 Å². The van der Waals surface area contributed by atoms with Gasteiger partial charge in [-0.2, -0.15) is 0 Å². The van der Waals surface area contributed by atoms with Crippen LogP contribution >= 0.6 is 11.6 Å². The Kier molecular flexibility index (Phi) is 9.12. The van der Waals surface area contributed by atoms with Crippen LogP contribution in [0.2, 0.25) is 5.02 Å². The topological polar surface area (TPSA) is 58.6 Å². The van der Waals surface area contributed by atoms with E-state index in [4.69, 9.17) is 16.3 Å². The van der Waals surface area contributed by atoms with Crippen LogP contribution < -0.4 is 10.1 Å². The van der Waals surface area contributed by atoms with Crippen molar-refractivity contribution in [1.82, 2.24) is 10.2 Å². The predicted molar refractivity (Wildman–Crippen MR) is 116 cm³/mol. The molecule has 0 heterocycles. The molecule has 1 atom stereocenters. The number of halogens is 2. The molecule has 0 aliphatic rings. The van der Waals surface area contributed by atoms with Crippen molar-refractivity contribution < 1.29 is 18.7 Å². The minimum atomic E-state index is -0.718. The molecule has 2 aromatic rings. The quantitative estimate of drug-likeness (QED) is 0.601. The summed E-state index contributed by atoms with van der Waals surface area (Å²) in [6.07, 6.45) is 0.847. The molecular formula is C23H28ClFN2O3. The van der Waals surface area contributed by atoms with E-state index >= 15 is 0 Å². The summed E-state index contributed by atoms with van der Waals surface area (Å²) in [5.41, 5.74) is 0.712. The lowest BCUT2D eigenvalue weighted by atomic mass is 10.1. The van der Waals surface area contributed by atoms with Crippen LogP contribution in [-0.2, 0) is 16.1 Å². The van der Waals surface area contributed by atoms with Crippen molar-refractivity contribution in [3.05, 3.63) is 64.9 Å². The minimum absolute atomic E-state index is 0.157. The molecule has 7 heteroatoms. The summed E-state index contributed by atoms with van der Waals surface area (Å²) in [5, 5.41) is 3.27. The molecule has 0 aliphatic carbocycles. The minimum Gasteiger partial charge on any atom is -0.482 e. The molecule has 2 rings (SSSR count). The van der Waals surface area contributed by atoms with Gasteiger partial charge in [-0.3, -0.25) is 9.59 Å². The lowest BCUT2D eigenvalue weighted by Gasteiger charge is -2.29. The summed E-state index contributed by atoms with van der Waals surface area (Å²) in [5.74, 6) is -0.127. The number of nitrogens with zero attached hydrogens (tertiary/aromatic N) is 1. The summed E-state index contributed by atoms with van der Waals surface area (Å²) in [4.78, 5) is 27.0. The van der Waals surface area contributed by atoms with E-state index in [0.717, 1.165) is 6.42 Å². The Balaban J connectivity index is 2.10. The largest absolute Gasteiger partial charge is 0.482 e. The molecule has 30 heavy (non-hydrogen) atoms. The molecule has 0 saturated carbocycles. The predicted octanol–water partition coefficient (Wildman–Crippen LogP) is 4.44. The lowest BCUT2D eigenvalue weighted by molar-refractivity contribution is -0.142. The molecule has 0 radical (unpaired) electrons. The highest BCUT2D eigenvalue weighted by atomic mass is 35.5. The maximum atomic E-state index is 13.2. The van der Waals surface area contributed by atoms with E-state index in [2.05, 4.69) is 19.2 Å². The Bertz CT molecular complexity index is 843.